The Hall–Kier alpha value is -1.89. The fourth-order valence-corrected chi connectivity index (χ4v) is 3.67. The largest absolute Gasteiger partial charge is 0.450 e. The molecular weight excluding hydrogens is 300 g/mol. The molecule has 1 saturated heterocycles. The molecule has 0 bridgehead atoms. The van der Waals surface area contributed by atoms with Crippen LogP contribution in [0.2, 0.25) is 0 Å². The molecule has 0 unspecified atom stereocenters. The van der Waals surface area contributed by atoms with Crippen molar-refractivity contribution in [1.29, 1.82) is 0 Å². The Bertz CT molecular complexity index is 728. The minimum absolute atomic E-state index is 0.211. The van der Waals surface area contributed by atoms with Crippen molar-refractivity contribution in [3.63, 3.8) is 0 Å². The zero-order valence-corrected chi connectivity index (χ0v) is 13.7. The van der Waals surface area contributed by atoms with Crippen molar-refractivity contribution < 1.29 is 9.53 Å². The van der Waals surface area contributed by atoms with Gasteiger partial charge in [0.15, 0.2) is 4.80 Å². The zero-order valence-electron chi connectivity index (χ0n) is 12.9. The number of nitrogens with zero attached hydrogens (tertiary/aromatic N) is 4. The number of carbonyl (C=O) groups excluding carboxylic acids is 1. The van der Waals surface area contributed by atoms with Gasteiger partial charge < -0.3 is 14.2 Å². The lowest BCUT2D eigenvalue weighted by Crippen LogP contribution is -2.40. The first-order chi connectivity index (χ1) is 10.7. The minimum atomic E-state index is -0.211. The summed E-state index contributed by atoms with van der Waals surface area (Å²) in [6, 6.07) is 4.25. The third kappa shape index (κ3) is 2.99. The van der Waals surface area contributed by atoms with Gasteiger partial charge >= 0.3 is 6.09 Å². The Morgan fingerprint density at radius 2 is 2.27 bits per heavy atom. The standard InChI is InChI=1S/C15H20N4O2S/c1-3-21-15(20)19-9-6-11(7-10-19)17-14-18(2)12-5-4-8-16-13(12)22-14/h4-5,8,11H,3,6-7,9-10H2,1-2H3/b17-14-. The number of ether oxygens (including phenoxy) is 1. The predicted molar refractivity (Wildman–Crippen MR) is 85.8 cm³/mol. The van der Waals surface area contributed by atoms with Crippen LogP contribution in [0, 0.1) is 0 Å². The summed E-state index contributed by atoms with van der Waals surface area (Å²) >= 11 is 1.61. The number of aromatic nitrogens is 2. The lowest BCUT2D eigenvalue weighted by Gasteiger charge is -2.29. The minimum Gasteiger partial charge on any atom is -0.450 e. The molecule has 118 valence electrons. The summed E-state index contributed by atoms with van der Waals surface area (Å²) in [5, 5.41) is 0. The lowest BCUT2D eigenvalue weighted by atomic mass is 10.1. The molecule has 0 saturated carbocycles. The van der Waals surface area contributed by atoms with Crippen molar-refractivity contribution in [3.8, 4) is 0 Å². The number of piperidine rings is 1. The molecule has 3 heterocycles. The number of aryl methyl sites for hydroxylation is 1. The van der Waals surface area contributed by atoms with E-state index < -0.39 is 0 Å². The number of likely N-dealkylation sites (tertiary alicyclic amines) is 1. The number of thiazole rings is 1. The van der Waals surface area contributed by atoms with Crippen LogP contribution < -0.4 is 4.80 Å². The van der Waals surface area contributed by atoms with Gasteiger partial charge in [-0.25, -0.2) is 9.78 Å². The summed E-state index contributed by atoms with van der Waals surface area (Å²) in [5.74, 6) is 0. The van der Waals surface area contributed by atoms with Crippen molar-refractivity contribution >= 4 is 27.8 Å². The molecule has 1 aliphatic heterocycles. The average molecular weight is 320 g/mol. The smallest absolute Gasteiger partial charge is 0.409 e. The zero-order chi connectivity index (χ0) is 15.5. The molecular formula is C15H20N4O2S. The van der Waals surface area contributed by atoms with Crippen LogP contribution in [0.25, 0.3) is 10.3 Å². The summed E-state index contributed by atoms with van der Waals surface area (Å²) in [6.07, 6.45) is 3.35. The molecule has 0 N–H and O–H groups in total. The Balaban J connectivity index is 1.73. The van der Waals surface area contributed by atoms with Gasteiger partial charge in [-0.15, -0.1) is 0 Å². The molecule has 7 heteroatoms. The maximum absolute atomic E-state index is 11.7. The van der Waals surface area contributed by atoms with Crippen LogP contribution >= 0.6 is 11.3 Å². The van der Waals surface area contributed by atoms with E-state index in [0.29, 0.717) is 19.7 Å². The van der Waals surface area contributed by atoms with E-state index in [4.69, 9.17) is 9.73 Å². The van der Waals surface area contributed by atoms with Crippen LogP contribution in [0.15, 0.2) is 23.3 Å². The number of hydrogen-bond acceptors (Lipinski definition) is 5. The van der Waals surface area contributed by atoms with Crippen LogP contribution in [-0.4, -0.2) is 46.3 Å². The Kier molecular flexibility index (Phi) is 4.42. The van der Waals surface area contributed by atoms with E-state index in [9.17, 15) is 4.79 Å². The summed E-state index contributed by atoms with van der Waals surface area (Å²) < 4.78 is 7.13. The highest BCUT2D eigenvalue weighted by Crippen LogP contribution is 2.16. The van der Waals surface area contributed by atoms with Gasteiger partial charge in [-0.05, 0) is 31.9 Å². The highest BCUT2D eigenvalue weighted by molar-refractivity contribution is 7.15. The van der Waals surface area contributed by atoms with Gasteiger partial charge in [-0.3, -0.25) is 4.99 Å². The van der Waals surface area contributed by atoms with Crippen LogP contribution in [-0.2, 0) is 11.8 Å². The SMILES string of the molecule is CCOC(=O)N1CCC(/N=c2\sc3ncccc3n2C)CC1. The second kappa shape index (κ2) is 6.48. The quantitative estimate of drug-likeness (QED) is 0.852. The first-order valence-electron chi connectivity index (χ1n) is 7.55. The van der Waals surface area contributed by atoms with Crippen molar-refractivity contribution in [2.45, 2.75) is 25.8 Å². The molecule has 22 heavy (non-hydrogen) atoms. The summed E-state index contributed by atoms with van der Waals surface area (Å²) in [6.45, 7) is 3.67. The van der Waals surface area contributed by atoms with Crippen LogP contribution in [0.4, 0.5) is 4.79 Å². The first kappa shape index (κ1) is 15.0. The second-order valence-corrected chi connectivity index (χ2v) is 6.27. The normalized spacial score (nSPS) is 17.2. The summed E-state index contributed by atoms with van der Waals surface area (Å²) in [4.78, 5) is 24.7. The molecule has 0 atom stereocenters. The highest BCUT2D eigenvalue weighted by Gasteiger charge is 2.23. The second-order valence-electron chi connectivity index (χ2n) is 5.32. The Labute approximate surface area is 133 Å². The van der Waals surface area contributed by atoms with E-state index >= 15 is 0 Å². The van der Waals surface area contributed by atoms with E-state index in [1.165, 1.54) is 0 Å². The maximum atomic E-state index is 11.7. The third-order valence-corrected chi connectivity index (χ3v) is 4.94. The molecule has 3 rings (SSSR count). The van der Waals surface area contributed by atoms with Gasteiger partial charge in [0.05, 0.1) is 18.2 Å². The number of carbonyl (C=O) groups is 1. The lowest BCUT2D eigenvalue weighted by molar-refractivity contribution is 0.0973. The van der Waals surface area contributed by atoms with Gasteiger partial charge in [0.25, 0.3) is 0 Å². The number of fused-ring (bicyclic) bond motifs is 1. The van der Waals surface area contributed by atoms with Crippen molar-refractivity contribution in [2.75, 3.05) is 19.7 Å². The highest BCUT2D eigenvalue weighted by atomic mass is 32.1. The molecule has 2 aromatic heterocycles. The Morgan fingerprint density at radius 3 is 2.95 bits per heavy atom. The maximum Gasteiger partial charge on any atom is 0.409 e. The number of hydrogen-bond donors (Lipinski definition) is 0. The van der Waals surface area contributed by atoms with Crippen molar-refractivity contribution in [1.82, 2.24) is 14.5 Å². The summed E-state index contributed by atoms with van der Waals surface area (Å²) in [5.41, 5.74) is 1.11. The van der Waals surface area contributed by atoms with Crippen molar-refractivity contribution in [3.05, 3.63) is 23.1 Å². The van der Waals surface area contributed by atoms with Gasteiger partial charge in [0.2, 0.25) is 0 Å². The summed E-state index contributed by atoms with van der Waals surface area (Å²) in [7, 11) is 2.02. The fraction of sp³-hybridized carbons (Fsp3) is 0.533. The molecule has 0 aromatic carbocycles. The van der Waals surface area contributed by atoms with Crippen LogP contribution in [0.1, 0.15) is 19.8 Å². The van der Waals surface area contributed by atoms with Crippen LogP contribution in [0.3, 0.4) is 0 Å². The number of rotatable bonds is 2. The molecule has 1 aliphatic rings. The van der Waals surface area contributed by atoms with Crippen molar-refractivity contribution in [2.24, 2.45) is 12.0 Å². The number of pyridine rings is 1. The Morgan fingerprint density at radius 1 is 1.50 bits per heavy atom. The van der Waals surface area contributed by atoms with Gasteiger partial charge in [-0.1, -0.05) is 11.3 Å². The monoisotopic (exact) mass is 320 g/mol. The first-order valence-corrected chi connectivity index (χ1v) is 8.36. The molecule has 0 spiro atoms. The topological polar surface area (TPSA) is 59.7 Å². The third-order valence-electron chi connectivity index (χ3n) is 3.87. The molecule has 0 aliphatic carbocycles. The molecule has 6 nitrogen and oxygen atoms in total. The van der Waals surface area contributed by atoms with E-state index in [2.05, 4.69) is 15.6 Å². The molecule has 1 fully saturated rings. The fourth-order valence-electron chi connectivity index (χ4n) is 2.64. The number of amides is 1. The van der Waals surface area contributed by atoms with E-state index in [1.807, 2.05) is 20.0 Å². The molecule has 1 amide bonds. The predicted octanol–water partition coefficient (Wildman–Crippen LogP) is 2.16. The van der Waals surface area contributed by atoms with Gasteiger partial charge in [-0.2, -0.15) is 0 Å². The molecule has 0 radical (unpaired) electrons. The van der Waals surface area contributed by atoms with Gasteiger partial charge in [0, 0.05) is 26.3 Å². The van der Waals surface area contributed by atoms with E-state index in [0.717, 1.165) is 28.0 Å². The van der Waals surface area contributed by atoms with Gasteiger partial charge in [0.1, 0.15) is 4.83 Å². The average Bonchev–Trinajstić information content (AvgIpc) is 2.85. The molecule has 2 aromatic rings. The van der Waals surface area contributed by atoms with E-state index in [1.54, 1.807) is 22.4 Å². The van der Waals surface area contributed by atoms with Crippen LogP contribution in [0.5, 0.6) is 0 Å². The van der Waals surface area contributed by atoms with E-state index in [-0.39, 0.29) is 12.1 Å².